The molecule has 0 amide bonds. The van der Waals surface area contributed by atoms with Gasteiger partial charge in [0.1, 0.15) is 11.8 Å². The highest BCUT2D eigenvalue weighted by molar-refractivity contribution is 6.32. The van der Waals surface area contributed by atoms with Gasteiger partial charge in [-0.25, -0.2) is 0 Å². The van der Waals surface area contributed by atoms with Gasteiger partial charge in [0.2, 0.25) is 0 Å². The van der Waals surface area contributed by atoms with Gasteiger partial charge in [-0.15, -0.1) is 5.10 Å². The Labute approximate surface area is 173 Å². The normalized spacial score (nSPS) is 16.2. The summed E-state index contributed by atoms with van der Waals surface area (Å²) in [6, 6.07) is 11.2. The second-order valence-electron chi connectivity index (χ2n) is 7.07. The first-order valence-corrected chi connectivity index (χ1v) is 9.63. The van der Waals surface area contributed by atoms with Gasteiger partial charge in [0, 0.05) is 30.3 Å². The van der Waals surface area contributed by atoms with Crippen LogP contribution in [0, 0.1) is 11.3 Å². The maximum absolute atomic E-state index is 9.91. The number of aliphatic hydroxyl groups excluding tert-OH is 1. The van der Waals surface area contributed by atoms with Gasteiger partial charge in [-0.05, 0) is 36.2 Å². The number of aromatic nitrogens is 2. The zero-order valence-corrected chi connectivity index (χ0v) is 16.6. The Hall–Kier alpha value is -3.08. The molecule has 1 aliphatic rings. The van der Waals surface area contributed by atoms with Gasteiger partial charge in [0.25, 0.3) is 0 Å². The summed E-state index contributed by atoms with van der Waals surface area (Å²) in [7, 11) is 1.57. The number of nitrogen functional groups attached to an aromatic ring is 1. The molecule has 0 saturated carbocycles. The fraction of sp³-hybridized carbons (Fsp3) is 0.286. The van der Waals surface area contributed by atoms with Crippen molar-refractivity contribution in [2.75, 3.05) is 30.8 Å². The molecule has 0 bridgehead atoms. The monoisotopic (exact) mass is 409 g/mol. The molecular formula is C21H20ClN5O2. The number of halogens is 1. The van der Waals surface area contributed by atoms with E-state index in [1.54, 1.807) is 19.2 Å². The van der Waals surface area contributed by atoms with E-state index in [2.05, 4.69) is 16.3 Å². The minimum absolute atomic E-state index is 0.385. The predicted octanol–water partition coefficient (Wildman–Crippen LogP) is 2.91. The number of fused-ring (bicyclic) bond motifs is 1. The van der Waals surface area contributed by atoms with Crippen molar-refractivity contribution in [1.29, 1.82) is 5.26 Å². The van der Waals surface area contributed by atoms with Crippen molar-refractivity contribution in [1.82, 2.24) is 10.2 Å². The molecule has 4 rings (SSSR count). The van der Waals surface area contributed by atoms with Crippen molar-refractivity contribution in [3.63, 3.8) is 0 Å². The second kappa shape index (κ2) is 7.74. The van der Waals surface area contributed by atoms with Gasteiger partial charge < -0.3 is 20.5 Å². The van der Waals surface area contributed by atoms with E-state index in [0.717, 1.165) is 10.9 Å². The lowest BCUT2D eigenvalue weighted by atomic mass is 10.00. The first-order valence-electron chi connectivity index (χ1n) is 9.25. The maximum atomic E-state index is 9.91. The quantitative estimate of drug-likeness (QED) is 0.637. The largest absolute Gasteiger partial charge is 0.495 e. The first-order chi connectivity index (χ1) is 14.0. The molecule has 8 heteroatoms. The minimum atomic E-state index is -0.385. The Kier molecular flexibility index (Phi) is 5.14. The lowest BCUT2D eigenvalue weighted by Gasteiger charge is -2.20. The van der Waals surface area contributed by atoms with Gasteiger partial charge in [-0.2, -0.15) is 10.4 Å². The number of benzene rings is 2. The number of hydrogen-bond acceptors (Lipinski definition) is 7. The topological polar surface area (TPSA) is 108 Å². The summed E-state index contributed by atoms with van der Waals surface area (Å²) in [6.07, 6.45) is 0.750. The molecule has 0 aliphatic carbocycles. The summed E-state index contributed by atoms with van der Waals surface area (Å²) in [6.45, 7) is 1.19. The number of β-amino-alcohol motifs (C(OH)–C–C–N with tert-alkyl or cyclic N) is 1. The van der Waals surface area contributed by atoms with Crippen LogP contribution in [0.25, 0.3) is 10.8 Å². The van der Waals surface area contributed by atoms with Crippen LogP contribution < -0.4 is 15.4 Å². The number of methoxy groups -OCH3 is 1. The molecule has 1 aliphatic heterocycles. The fourth-order valence-electron chi connectivity index (χ4n) is 3.73. The first kappa shape index (κ1) is 19.2. The van der Waals surface area contributed by atoms with E-state index in [1.165, 1.54) is 0 Å². The fourth-order valence-corrected chi connectivity index (χ4v) is 4.01. The number of nitrogens with two attached hydrogens (primary N) is 1. The number of nitriles is 1. The zero-order chi connectivity index (χ0) is 20.5. The molecule has 0 unspecified atom stereocenters. The highest BCUT2D eigenvalue weighted by Gasteiger charge is 2.25. The van der Waals surface area contributed by atoms with Crippen molar-refractivity contribution in [3.8, 4) is 11.8 Å². The molecule has 3 aromatic rings. The van der Waals surface area contributed by atoms with Gasteiger partial charge in [0.15, 0.2) is 5.82 Å². The summed E-state index contributed by atoms with van der Waals surface area (Å²) in [5.41, 5.74) is 8.72. The predicted molar refractivity (Wildman–Crippen MR) is 112 cm³/mol. The van der Waals surface area contributed by atoms with Crippen LogP contribution in [0.2, 0.25) is 5.02 Å². The second-order valence-corrected chi connectivity index (χ2v) is 7.47. The Morgan fingerprint density at radius 1 is 1.34 bits per heavy atom. The Balaban J connectivity index is 1.84. The van der Waals surface area contributed by atoms with Crippen LogP contribution in [0.5, 0.6) is 5.75 Å². The average Bonchev–Trinajstić information content (AvgIpc) is 3.14. The summed E-state index contributed by atoms with van der Waals surface area (Å²) >= 11 is 6.26. The van der Waals surface area contributed by atoms with Crippen LogP contribution >= 0.6 is 11.6 Å². The van der Waals surface area contributed by atoms with Crippen LogP contribution in [0.15, 0.2) is 30.3 Å². The molecule has 1 fully saturated rings. The van der Waals surface area contributed by atoms with Gasteiger partial charge in [-0.1, -0.05) is 17.7 Å². The van der Waals surface area contributed by atoms with Crippen molar-refractivity contribution >= 4 is 33.9 Å². The van der Waals surface area contributed by atoms with Crippen LogP contribution in [0.4, 0.5) is 11.5 Å². The third-order valence-electron chi connectivity index (χ3n) is 5.21. The molecule has 0 radical (unpaired) electrons. The molecule has 2 aromatic carbocycles. The Bertz CT molecular complexity index is 1130. The zero-order valence-electron chi connectivity index (χ0n) is 15.9. The van der Waals surface area contributed by atoms with Crippen LogP contribution in [-0.4, -0.2) is 41.6 Å². The number of nitrogens with zero attached hydrogens (tertiary/aromatic N) is 4. The standard InChI is InChI=1S/C21H20ClN5O2/c1-29-18-5-2-12(8-16(18)22)9-17-19-15(4-3-13(10-23)20(19)24)21(26-25-17)27-7-6-14(28)11-27/h2-5,8,14,28H,6-7,9,11,24H2,1H3/t14-/m0/s1. The van der Waals surface area contributed by atoms with E-state index in [4.69, 9.17) is 22.1 Å². The molecule has 1 aromatic heterocycles. The van der Waals surface area contributed by atoms with Gasteiger partial charge in [0.05, 0.1) is 35.2 Å². The maximum Gasteiger partial charge on any atom is 0.159 e. The van der Waals surface area contributed by atoms with E-state index >= 15 is 0 Å². The number of ether oxygens (including phenoxy) is 1. The SMILES string of the molecule is COc1ccc(Cc2nnc(N3CC[C@H](O)C3)c3ccc(C#N)c(N)c23)cc1Cl. The minimum Gasteiger partial charge on any atom is -0.495 e. The molecular weight excluding hydrogens is 390 g/mol. The highest BCUT2D eigenvalue weighted by atomic mass is 35.5. The van der Waals surface area contributed by atoms with Crippen molar-refractivity contribution < 1.29 is 9.84 Å². The number of rotatable bonds is 4. The van der Waals surface area contributed by atoms with E-state index in [0.29, 0.717) is 64.9 Å². The molecule has 7 nitrogen and oxygen atoms in total. The lowest BCUT2D eigenvalue weighted by molar-refractivity contribution is 0.198. The van der Waals surface area contributed by atoms with E-state index in [9.17, 15) is 10.4 Å². The Morgan fingerprint density at radius 3 is 2.83 bits per heavy atom. The van der Waals surface area contributed by atoms with Crippen molar-refractivity contribution in [3.05, 3.63) is 52.2 Å². The highest BCUT2D eigenvalue weighted by Crippen LogP contribution is 2.35. The molecule has 3 N–H and O–H groups in total. The van der Waals surface area contributed by atoms with Gasteiger partial charge in [-0.3, -0.25) is 0 Å². The van der Waals surface area contributed by atoms with Crippen LogP contribution in [0.1, 0.15) is 23.2 Å². The average molecular weight is 410 g/mol. The van der Waals surface area contributed by atoms with Crippen LogP contribution in [-0.2, 0) is 6.42 Å². The van der Waals surface area contributed by atoms with E-state index in [1.807, 2.05) is 23.1 Å². The van der Waals surface area contributed by atoms with Crippen LogP contribution in [0.3, 0.4) is 0 Å². The van der Waals surface area contributed by atoms with Crippen molar-refractivity contribution in [2.24, 2.45) is 0 Å². The van der Waals surface area contributed by atoms with E-state index < -0.39 is 0 Å². The molecule has 29 heavy (non-hydrogen) atoms. The number of hydrogen-bond donors (Lipinski definition) is 2. The Morgan fingerprint density at radius 2 is 2.17 bits per heavy atom. The summed E-state index contributed by atoms with van der Waals surface area (Å²) < 4.78 is 5.21. The smallest absolute Gasteiger partial charge is 0.159 e. The molecule has 2 heterocycles. The summed E-state index contributed by atoms with van der Waals surface area (Å²) in [5, 5.41) is 30.3. The molecule has 1 atom stereocenters. The molecule has 1 saturated heterocycles. The summed E-state index contributed by atoms with van der Waals surface area (Å²) in [5.74, 6) is 1.27. The molecule has 148 valence electrons. The summed E-state index contributed by atoms with van der Waals surface area (Å²) in [4.78, 5) is 2.00. The third-order valence-corrected chi connectivity index (χ3v) is 5.51. The molecule has 0 spiro atoms. The third kappa shape index (κ3) is 3.53. The lowest BCUT2D eigenvalue weighted by Crippen LogP contribution is -2.23. The number of anilines is 2. The van der Waals surface area contributed by atoms with E-state index in [-0.39, 0.29) is 6.10 Å². The van der Waals surface area contributed by atoms with Gasteiger partial charge >= 0.3 is 0 Å². The van der Waals surface area contributed by atoms with Crippen molar-refractivity contribution in [2.45, 2.75) is 18.9 Å². The number of aliphatic hydroxyl groups is 1.